The summed E-state index contributed by atoms with van der Waals surface area (Å²) in [7, 11) is 0. The third-order valence-corrected chi connectivity index (χ3v) is 23.6. The number of imidazole rings is 3. The summed E-state index contributed by atoms with van der Waals surface area (Å²) in [4.78, 5) is 36.6. The van der Waals surface area contributed by atoms with E-state index in [0.717, 1.165) is 160 Å². The van der Waals surface area contributed by atoms with Gasteiger partial charge in [0.15, 0.2) is 0 Å². The minimum absolute atomic E-state index is 0.00174. The molecule has 3 aliphatic heterocycles. The highest BCUT2D eigenvalue weighted by Crippen LogP contribution is 2.58. The van der Waals surface area contributed by atoms with Crippen LogP contribution in [0.15, 0.2) is 181 Å². The standard InChI is InChI=1S/2C29H33FN2O2.C19H19FN2O.C9H9IO2/c2*1-27(2,33)20-7-5-9-22(15-20)29(4,34)25-10-6-8-21-16-24-26(19-11-13-23(30)14-12-19)31-18-32(24)17-28(21,25)3;1-19-11-22-12-21-18(13-5-7-16(20)8-6-13)17(22)9-14(19)3-2-4-15(19)10-23;1-2-12-9(11)7-4-3-5-8(10)6-7/h2*5,7,9,11-16,18,25,33-34H,6,8,10,17H2,1-4H3;5-10,12,15H,2-4,11H2,1H3;3-6H,2H2,1H3/t2*25-,28-,29+;15-,19+;/m001./s1. The Hall–Kier alpha value is -8.33. The SMILES string of the molecule is CC(C)(O)c1cccc([C@@](C)(O)[C@H]2CCCC3=Cc4c(-c5ccc(F)cc5)ncn4C[C@@]32C)c1.CC(C)(O)c1cccc([C@@](C)(O)[C@H]2CCCC3=Cc4c(-c5ccc(F)cc5)ncn4C[C@@]32C)c1.CCOC(=O)c1cccc(I)c1.C[C@]12Cn3cnc(-c4ccc(F)cc4)c3C=C1CCC[C@@H]2C=O. The number of allylic oxidation sites excluding steroid dienone is 3. The van der Waals surface area contributed by atoms with Gasteiger partial charge in [0.05, 0.1) is 87.7 Å². The van der Waals surface area contributed by atoms with Gasteiger partial charge in [-0.25, -0.2) is 32.9 Å². The molecule has 3 aliphatic carbocycles. The van der Waals surface area contributed by atoms with Gasteiger partial charge in [-0.05, 0) is 260 Å². The van der Waals surface area contributed by atoms with Crippen LogP contribution in [0.5, 0.6) is 0 Å². The molecule has 4 N–H and O–H groups in total. The van der Waals surface area contributed by atoms with Crippen molar-refractivity contribution in [2.45, 2.75) is 169 Å². The van der Waals surface area contributed by atoms with Crippen LogP contribution in [0.1, 0.15) is 177 Å². The minimum Gasteiger partial charge on any atom is -0.462 e. The summed E-state index contributed by atoms with van der Waals surface area (Å²) in [6.45, 7) is 22.1. The molecule has 8 atom stereocenters. The smallest absolute Gasteiger partial charge is 0.338 e. The van der Waals surface area contributed by atoms with Crippen LogP contribution >= 0.6 is 22.6 Å². The zero-order valence-corrected chi connectivity index (χ0v) is 62.7. The second kappa shape index (κ2) is 29.3. The molecule has 0 spiro atoms. The van der Waals surface area contributed by atoms with E-state index in [1.54, 1.807) is 83.1 Å². The third-order valence-electron chi connectivity index (χ3n) is 23.0. The number of fused-ring (bicyclic) bond motifs is 6. The van der Waals surface area contributed by atoms with Gasteiger partial charge in [0, 0.05) is 73.9 Å². The molecule has 0 radical (unpaired) electrons. The molecule has 0 unspecified atom stereocenters. The second-order valence-corrected chi connectivity index (χ2v) is 32.2. The Labute approximate surface area is 616 Å². The molecular weight excluding hydrogens is 1410 g/mol. The third kappa shape index (κ3) is 15.1. The molecule has 0 saturated heterocycles. The largest absolute Gasteiger partial charge is 0.462 e. The van der Waals surface area contributed by atoms with Gasteiger partial charge in [0.2, 0.25) is 0 Å². The average Bonchev–Trinajstić information content (AvgIpc) is 1.72. The summed E-state index contributed by atoms with van der Waals surface area (Å²) < 4.78 is 52.4. The molecule has 6 heterocycles. The molecular formula is C86H94F3IN6O7. The highest BCUT2D eigenvalue weighted by molar-refractivity contribution is 14.1. The van der Waals surface area contributed by atoms with E-state index in [2.05, 4.69) is 90.2 Å². The number of hydrogen-bond donors (Lipinski definition) is 4. The van der Waals surface area contributed by atoms with Crippen LogP contribution in [0.2, 0.25) is 0 Å². The number of ether oxygens (including phenoxy) is 1. The fraction of sp³-hybridized carbons (Fsp3) is 0.384. The van der Waals surface area contributed by atoms with Crippen molar-refractivity contribution in [2.75, 3.05) is 6.61 Å². The fourth-order valence-electron chi connectivity index (χ4n) is 17.1. The van der Waals surface area contributed by atoms with Gasteiger partial charge < -0.3 is 43.7 Å². The number of esters is 1. The molecule has 6 aliphatic rings. The van der Waals surface area contributed by atoms with Crippen molar-refractivity contribution in [3.8, 4) is 33.8 Å². The molecule has 0 amide bonds. The summed E-state index contributed by atoms with van der Waals surface area (Å²) in [5, 5.41) is 45.0. The van der Waals surface area contributed by atoms with E-state index >= 15 is 0 Å². The van der Waals surface area contributed by atoms with Crippen molar-refractivity contribution in [3.63, 3.8) is 0 Å². The van der Waals surface area contributed by atoms with Gasteiger partial charge in [-0.15, -0.1) is 0 Å². The first kappa shape index (κ1) is 74.4. The van der Waals surface area contributed by atoms with Crippen LogP contribution in [-0.4, -0.2) is 67.9 Å². The molecule has 15 rings (SSSR count). The number of benzene rings is 6. The number of carbonyl (C=O) groups excluding carboxylic acids is 2. The number of aliphatic hydroxyl groups is 4. The van der Waals surface area contributed by atoms with Crippen molar-refractivity contribution in [1.29, 1.82) is 0 Å². The Bertz CT molecular complexity index is 4490. The lowest BCUT2D eigenvalue weighted by atomic mass is 9.57. The quantitative estimate of drug-likeness (QED) is 0.0523. The van der Waals surface area contributed by atoms with Crippen LogP contribution in [-0.2, 0) is 51.6 Å². The number of aromatic nitrogens is 6. The molecule has 0 bridgehead atoms. The highest BCUT2D eigenvalue weighted by Gasteiger charge is 2.53. The Morgan fingerprint density at radius 1 is 0.515 bits per heavy atom. The first-order valence-corrected chi connectivity index (χ1v) is 37.0. The zero-order valence-electron chi connectivity index (χ0n) is 60.5. The van der Waals surface area contributed by atoms with Gasteiger partial charge in [0.25, 0.3) is 0 Å². The van der Waals surface area contributed by atoms with E-state index < -0.39 is 22.4 Å². The van der Waals surface area contributed by atoms with E-state index in [1.165, 1.54) is 53.1 Å². The Kier molecular flexibility index (Phi) is 21.2. The van der Waals surface area contributed by atoms with Crippen LogP contribution in [0.25, 0.3) is 52.0 Å². The van der Waals surface area contributed by atoms with E-state index in [4.69, 9.17) is 4.74 Å². The van der Waals surface area contributed by atoms with Crippen molar-refractivity contribution in [3.05, 3.63) is 247 Å². The van der Waals surface area contributed by atoms with Crippen molar-refractivity contribution in [2.24, 2.45) is 34.0 Å². The van der Waals surface area contributed by atoms with Gasteiger partial charge >= 0.3 is 5.97 Å². The maximum atomic E-state index is 13.4. The first-order valence-electron chi connectivity index (χ1n) is 35.9. The molecule has 3 fully saturated rings. The summed E-state index contributed by atoms with van der Waals surface area (Å²) in [5.41, 5.74) is 11.7. The topological polar surface area (TPSA) is 178 Å². The summed E-state index contributed by atoms with van der Waals surface area (Å²) in [5.74, 6) is -0.927. The molecule has 13 nitrogen and oxygen atoms in total. The predicted octanol–water partition coefficient (Wildman–Crippen LogP) is 18.6. The maximum Gasteiger partial charge on any atom is 0.338 e. The zero-order chi connectivity index (χ0) is 73.6. The summed E-state index contributed by atoms with van der Waals surface area (Å²) in [6, 6.07) is 42.2. The number of nitrogens with zero attached hydrogens (tertiary/aromatic N) is 6. The van der Waals surface area contributed by atoms with Crippen LogP contribution in [0.3, 0.4) is 0 Å². The first-order chi connectivity index (χ1) is 48.8. The molecule has 103 heavy (non-hydrogen) atoms. The molecule has 3 saturated carbocycles. The van der Waals surface area contributed by atoms with Crippen molar-refractivity contribution >= 4 is 53.1 Å². The lowest BCUT2D eigenvalue weighted by Gasteiger charge is -2.51. The van der Waals surface area contributed by atoms with E-state index in [1.807, 2.05) is 93.5 Å². The average molecular weight is 1510 g/mol. The molecule has 6 aromatic carbocycles. The molecule has 3 aromatic heterocycles. The number of aldehydes is 1. The lowest BCUT2D eigenvalue weighted by molar-refractivity contribution is -0.115. The van der Waals surface area contributed by atoms with Gasteiger partial charge in [-0.2, -0.15) is 0 Å². The summed E-state index contributed by atoms with van der Waals surface area (Å²) >= 11 is 2.16. The van der Waals surface area contributed by atoms with Gasteiger partial charge in [-0.3, -0.25) is 0 Å². The van der Waals surface area contributed by atoms with Crippen LogP contribution < -0.4 is 0 Å². The summed E-state index contributed by atoms with van der Waals surface area (Å²) in [6.07, 6.45) is 22.3. The second-order valence-electron chi connectivity index (χ2n) is 30.9. The van der Waals surface area contributed by atoms with Crippen LogP contribution in [0, 0.1) is 55.0 Å². The number of carbonyl (C=O) groups is 2. The normalized spacial score (nSPS) is 22.9. The Morgan fingerprint density at radius 3 is 1.22 bits per heavy atom. The number of halogens is 4. The molecule has 17 heteroatoms. The number of rotatable bonds is 12. The van der Waals surface area contributed by atoms with E-state index in [-0.39, 0.29) is 57.4 Å². The minimum atomic E-state index is -1.06. The van der Waals surface area contributed by atoms with Crippen LogP contribution in [0.4, 0.5) is 13.2 Å². The highest BCUT2D eigenvalue weighted by atomic mass is 127. The molecule has 9 aromatic rings. The van der Waals surface area contributed by atoms with Crippen molar-refractivity contribution in [1.82, 2.24) is 28.7 Å². The van der Waals surface area contributed by atoms with E-state index in [0.29, 0.717) is 12.2 Å². The van der Waals surface area contributed by atoms with Gasteiger partial charge in [0.1, 0.15) is 23.7 Å². The maximum absolute atomic E-state index is 13.4. The van der Waals surface area contributed by atoms with Gasteiger partial charge in [-0.1, -0.05) is 92.1 Å². The monoisotopic (exact) mass is 1510 g/mol. The lowest BCUT2D eigenvalue weighted by Crippen LogP contribution is -2.49. The Balaban J connectivity index is 0.000000137. The van der Waals surface area contributed by atoms with Crippen molar-refractivity contribution < 1.29 is 47.9 Å². The fourth-order valence-corrected chi connectivity index (χ4v) is 17.6. The Morgan fingerprint density at radius 2 is 0.864 bits per heavy atom. The predicted molar refractivity (Wildman–Crippen MR) is 407 cm³/mol. The number of hydrogen-bond acceptors (Lipinski definition) is 10. The van der Waals surface area contributed by atoms with E-state index in [9.17, 15) is 43.2 Å². The molecule has 538 valence electrons.